The van der Waals surface area contributed by atoms with Crippen molar-refractivity contribution in [2.45, 2.75) is 13.8 Å². The molecule has 0 unspecified atom stereocenters. The second-order valence-electron chi connectivity index (χ2n) is 3.78. The summed E-state index contributed by atoms with van der Waals surface area (Å²) in [5, 5.41) is 9.03. The first-order chi connectivity index (χ1) is 8.59. The first kappa shape index (κ1) is 12.0. The van der Waals surface area contributed by atoms with Gasteiger partial charge in [0.05, 0.1) is 11.3 Å². The standard InChI is InChI=1S/C13H12N2O3/c1-8-10(13(16)17)4-3-5-11(8)18-12-9(2)14-6-7-15-12/h3-7H,1-2H3,(H,16,17). The number of ether oxygens (including phenoxy) is 1. The molecule has 0 aliphatic heterocycles. The molecule has 0 fully saturated rings. The lowest BCUT2D eigenvalue weighted by molar-refractivity contribution is 0.0695. The van der Waals surface area contributed by atoms with E-state index in [9.17, 15) is 4.79 Å². The number of hydrogen-bond acceptors (Lipinski definition) is 4. The summed E-state index contributed by atoms with van der Waals surface area (Å²) >= 11 is 0. The predicted molar refractivity (Wildman–Crippen MR) is 65.0 cm³/mol. The van der Waals surface area contributed by atoms with E-state index in [4.69, 9.17) is 9.84 Å². The van der Waals surface area contributed by atoms with Crippen LogP contribution in [-0.4, -0.2) is 21.0 Å². The van der Waals surface area contributed by atoms with Gasteiger partial charge in [-0.15, -0.1) is 0 Å². The summed E-state index contributed by atoms with van der Waals surface area (Å²) in [6.07, 6.45) is 3.10. The van der Waals surface area contributed by atoms with Gasteiger partial charge in [0, 0.05) is 18.0 Å². The molecule has 2 aromatic rings. The van der Waals surface area contributed by atoms with E-state index in [1.807, 2.05) is 0 Å². The Morgan fingerprint density at radius 1 is 1.22 bits per heavy atom. The molecule has 0 saturated heterocycles. The van der Waals surface area contributed by atoms with Crippen LogP contribution in [0.5, 0.6) is 11.6 Å². The molecule has 92 valence electrons. The maximum Gasteiger partial charge on any atom is 0.336 e. The molecule has 0 bridgehead atoms. The van der Waals surface area contributed by atoms with Gasteiger partial charge in [-0.05, 0) is 26.0 Å². The minimum atomic E-state index is -0.978. The number of aromatic nitrogens is 2. The Morgan fingerprint density at radius 2 is 1.94 bits per heavy atom. The Labute approximate surface area is 104 Å². The molecule has 5 heteroatoms. The summed E-state index contributed by atoms with van der Waals surface area (Å²) in [4.78, 5) is 19.1. The summed E-state index contributed by atoms with van der Waals surface area (Å²) < 4.78 is 5.59. The molecule has 0 amide bonds. The third-order valence-corrected chi connectivity index (χ3v) is 2.56. The normalized spacial score (nSPS) is 10.1. The molecular formula is C13H12N2O3. The van der Waals surface area contributed by atoms with E-state index in [1.54, 1.807) is 32.2 Å². The highest BCUT2D eigenvalue weighted by Gasteiger charge is 2.12. The third-order valence-electron chi connectivity index (χ3n) is 2.56. The Kier molecular flexibility index (Phi) is 3.23. The van der Waals surface area contributed by atoms with E-state index >= 15 is 0 Å². The van der Waals surface area contributed by atoms with Crippen LogP contribution in [0, 0.1) is 13.8 Å². The van der Waals surface area contributed by atoms with Gasteiger partial charge in [0.25, 0.3) is 0 Å². The minimum absolute atomic E-state index is 0.217. The van der Waals surface area contributed by atoms with Crippen LogP contribution in [0.4, 0.5) is 0 Å². The van der Waals surface area contributed by atoms with Gasteiger partial charge < -0.3 is 9.84 Å². The quantitative estimate of drug-likeness (QED) is 0.898. The maximum atomic E-state index is 11.0. The van der Waals surface area contributed by atoms with Crippen LogP contribution >= 0.6 is 0 Å². The summed E-state index contributed by atoms with van der Waals surface area (Å²) in [6.45, 7) is 3.48. The molecule has 1 aromatic heterocycles. The molecule has 0 aliphatic carbocycles. The van der Waals surface area contributed by atoms with Crippen molar-refractivity contribution in [3.8, 4) is 11.6 Å². The number of benzene rings is 1. The van der Waals surface area contributed by atoms with Gasteiger partial charge in [-0.1, -0.05) is 6.07 Å². The first-order valence-electron chi connectivity index (χ1n) is 5.38. The van der Waals surface area contributed by atoms with Crippen molar-refractivity contribution in [1.82, 2.24) is 9.97 Å². The summed E-state index contributed by atoms with van der Waals surface area (Å²) in [7, 11) is 0. The van der Waals surface area contributed by atoms with Crippen molar-refractivity contribution in [2.24, 2.45) is 0 Å². The lowest BCUT2D eigenvalue weighted by Crippen LogP contribution is -2.02. The van der Waals surface area contributed by atoms with Crippen LogP contribution in [0.15, 0.2) is 30.6 Å². The van der Waals surface area contributed by atoms with E-state index in [0.717, 1.165) is 0 Å². The highest BCUT2D eigenvalue weighted by molar-refractivity contribution is 5.90. The lowest BCUT2D eigenvalue weighted by atomic mass is 10.1. The second-order valence-corrected chi connectivity index (χ2v) is 3.78. The highest BCUT2D eigenvalue weighted by Crippen LogP contribution is 2.26. The van der Waals surface area contributed by atoms with E-state index in [-0.39, 0.29) is 5.56 Å². The number of aromatic carboxylic acids is 1. The lowest BCUT2D eigenvalue weighted by Gasteiger charge is -2.10. The average Bonchev–Trinajstić information content (AvgIpc) is 2.34. The number of carboxylic acids is 1. The van der Waals surface area contributed by atoms with Crippen molar-refractivity contribution >= 4 is 5.97 Å². The summed E-state index contributed by atoms with van der Waals surface area (Å²) in [5.41, 5.74) is 1.43. The number of rotatable bonds is 3. The Bertz CT molecular complexity index is 597. The van der Waals surface area contributed by atoms with Crippen LogP contribution in [0.3, 0.4) is 0 Å². The van der Waals surface area contributed by atoms with Crippen molar-refractivity contribution in [3.63, 3.8) is 0 Å². The van der Waals surface area contributed by atoms with Crippen LogP contribution in [0.1, 0.15) is 21.6 Å². The molecule has 5 nitrogen and oxygen atoms in total. The fourth-order valence-corrected chi connectivity index (χ4v) is 1.56. The summed E-state index contributed by atoms with van der Waals surface area (Å²) in [5.74, 6) is -0.129. The molecule has 1 heterocycles. The molecule has 0 radical (unpaired) electrons. The molecule has 2 rings (SSSR count). The topological polar surface area (TPSA) is 72.3 Å². The van der Waals surface area contributed by atoms with Gasteiger partial charge in [-0.2, -0.15) is 0 Å². The summed E-state index contributed by atoms with van der Waals surface area (Å²) in [6, 6.07) is 4.88. The van der Waals surface area contributed by atoms with E-state index < -0.39 is 5.97 Å². The van der Waals surface area contributed by atoms with Crippen molar-refractivity contribution in [2.75, 3.05) is 0 Å². The van der Waals surface area contributed by atoms with Gasteiger partial charge in [0.1, 0.15) is 5.75 Å². The number of nitrogens with zero attached hydrogens (tertiary/aromatic N) is 2. The van der Waals surface area contributed by atoms with Gasteiger partial charge in [-0.25, -0.2) is 9.78 Å². The van der Waals surface area contributed by atoms with Gasteiger partial charge in [0.15, 0.2) is 0 Å². The van der Waals surface area contributed by atoms with Gasteiger partial charge >= 0.3 is 5.97 Å². The molecule has 0 aliphatic rings. The molecular weight excluding hydrogens is 232 g/mol. The zero-order chi connectivity index (χ0) is 13.1. The molecule has 0 spiro atoms. The second kappa shape index (κ2) is 4.83. The zero-order valence-electron chi connectivity index (χ0n) is 10.0. The van der Waals surface area contributed by atoms with Crippen LogP contribution in [0.25, 0.3) is 0 Å². The molecule has 18 heavy (non-hydrogen) atoms. The van der Waals surface area contributed by atoms with Crippen molar-refractivity contribution in [3.05, 3.63) is 47.4 Å². The average molecular weight is 244 g/mol. The molecule has 1 N–H and O–H groups in total. The largest absolute Gasteiger partial charge is 0.478 e. The SMILES string of the molecule is Cc1nccnc1Oc1cccc(C(=O)O)c1C. The monoisotopic (exact) mass is 244 g/mol. The Morgan fingerprint density at radius 3 is 2.61 bits per heavy atom. The van der Waals surface area contributed by atoms with E-state index in [2.05, 4.69) is 9.97 Å². The van der Waals surface area contributed by atoms with Gasteiger partial charge in [-0.3, -0.25) is 4.98 Å². The molecule has 0 saturated carbocycles. The van der Waals surface area contributed by atoms with Gasteiger partial charge in [0.2, 0.25) is 5.88 Å². The highest BCUT2D eigenvalue weighted by atomic mass is 16.5. The molecule has 1 aromatic carbocycles. The van der Waals surface area contributed by atoms with Crippen molar-refractivity contribution < 1.29 is 14.6 Å². The molecule has 0 atom stereocenters. The van der Waals surface area contributed by atoms with E-state index in [1.165, 1.54) is 12.3 Å². The predicted octanol–water partition coefficient (Wildman–Crippen LogP) is 2.58. The fraction of sp³-hybridized carbons (Fsp3) is 0.154. The van der Waals surface area contributed by atoms with Crippen molar-refractivity contribution in [1.29, 1.82) is 0 Å². The third kappa shape index (κ3) is 2.29. The zero-order valence-corrected chi connectivity index (χ0v) is 10.0. The van der Waals surface area contributed by atoms with Crippen LogP contribution in [-0.2, 0) is 0 Å². The fourth-order valence-electron chi connectivity index (χ4n) is 1.56. The Balaban J connectivity index is 2.39. The number of carbonyl (C=O) groups is 1. The van der Waals surface area contributed by atoms with Crippen LogP contribution < -0.4 is 4.74 Å². The maximum absolute atomic E-state index is 11.0. The smallest absolute Gasteiger partial charge is 0.336 e. The van der Waals surface area contributed by atoms with E-state index in [0.29, 0.717) is 22.9 Å². The Hall–Kier alpha value is -2.43. The van der Waals surface area contributed by atoms with Crippen LogP contribution in [0.2, 0.25) is 0 Å². The number of hydrogen-bond donors (Lipinski definition) is 1. The number of aryl methyl sites for hydroxylation is 1. The minimum Gasteiger partial charge on any atom is -0.478 e. The number of carboxylic acid groups (broad SMARTS) is 1. The first-order valence-corrected chi connectivity index (χ1v) is 5.38.